The number of hydrogen-bond donors (Lipinski definition) is 0. The van der Waals surface area contributed by atoms with Crippen molar-refractivity contribution in [3.63, 3.8) is 0 Å². The van der Waals surface area contributed by atoms with Gasteiger partial charge in [-0.2, -0.15) is 0 Å². The molecule has 14 aromatic carbocycles. The second-order valence-corrected chi connectivity index (χ2v) is 19.2. The summed E-state index contributed by atoms with van der Waals surface area (Å²) in [5.74, 6) is 0. The lowest BCUT2D eigenvalue weighted by molar-refractivity contribution is 1.32. The average Bonchev–Trinajstić information content (AvgIpc) is 3.48. The van der Waals surface area contributed by atoms with E-state index in [2.05, 4.69) is 290 Å². The zero-order chi connectivity index (χ0) is 48.2. The topological polar surface area (TPSA) is 3.24 Å². The number of para-hydroxylation sites is 1. The van der Waals surface area contributed by atoms with E-state index in [-0.39, 0.29) is 0 Å². The van der Waals surface area contributed by atoms with Crippen molar-refractivity contribution < 1.29 is 0 Å². The molecule has 0 spiro atoms. The molecule has 0 N–H and O–H groups in total. The number of rotatable bonds is 8. The van der Waals surface area contributed by atoms with Gasteiger partial charge in [-0.1, -0.05) is 231 Å². The van der Waals surface area contributed by atoms with E-state index in [1.165, 1.54) is 120 Å². The van der Waals surface area contributed by atoms with Crippen LogP contribution in [0.15, 0.2) is 285 Å². The maximum atomic E-state index is 2.51. The predicted octanol–water partition coefficient (Wildman–Crippen LogP) is 20.4. The summed E-state index contributed by atoms with van der Waals surface area (Å²) >= 11 is 0. The molecular weight excluding hydrogens is 879 g/mol. The molecule has 0 amide bonds. The molecule has 0 radical (unpaired) electrons. The zero-order valence-electron chi connectivity index (χ0n) is 40.1. The zero-order valence-corrected chi connectivity index (χ0v) is 40.1. The third-order valence-corrected chi connectivity index (χ3v) is 14.9. The Hall–Kier alpha value is -9.56. The molecule has 1 heteroatoms. The summed E-state index contributed by atoms with van der Waals surface area (Å²) in [5, 5.41) is 14.5. The van der Waals surface area contributed by atoms with Crippen LogP contribution in [0.25, 0.3) is 120 Å². The molecule has 0 bridgehead atoms. The van der Waals surface area contributed by atoms with Gasteiger partial charge in [0.25, 0.3) is 0 Å². The molecule has 0 fully saturated rings. The van der Waals surface area contributed by atoms with Crippen molar-refractivity contribution in [2.75, 3.05) is 4.90 Å². The van der Waals surface area contributed by atoms with Gasteiger partial charge in [-0.15, -0.1) is 0 Å². The van der Waals surface area contributed by atoms with Crippen LogP contribution >= 0.6 is 0 Å². The van der Waals surface area contributed by atoms with Crippen molar-refractivity contribution in [1.82, 2.24) is 0 Å². The minimum absolute atomic E-state index is 1.08. The van der Waals surface area contributed by atoms with Crippen LogP contribution in [0.1, 0.15) is 0 Å². The van der Waals surface area contributed by atoms with E-state index < -0.39 is 0 Å². The number of hydrogen-bond acceptors (Lipinski definition) is 1. The van der Waals surface area contributed by atoms with E-state index >= 15 is 0 Å². The maximum Gasteiger partial charge on any atom is 0.0618 e. The van der Waals surface area contributed by atoms with Crippen molar-refractivity contribution in [3.05, 3.63) is 285 Å². The minimum atomic E-state index is 1.08. The molecule has 0 saturated carbocycles. The molecule has 14 rings (SSSR count). The quantitative estimate of drug-likeness (QED) is 0.137. The Morgan fingerprint density at radius 3 is 1.05 bits per heavy atom. The summed E-state index contributed by atoms with van der Waals surface area (Å²) in [5.41, 5.74) is 15.4. The van der Waals surface area contributed by atoms with E-state index in [0.29, 0.717) is 0 Å². The largest absolute Gasteiger partial charge is 0.309 e. The fraction of sp³-hybridized carbons (Fsp3) is 0. The smallest absolute Gasteiger partial charge is 0.0618 e. The number of nitrogens with zero attached hydrogens (tertiary/aromatic N) is 1. The number of benzene rings is 14. The molecule has 73 heavy (non-hydrogen) atoms. The molecule has 14 aromatic rings. The first kappa shape index (κ1) is 42.3. The summed E-state index contributed by atoms with van der Waals surface area (Å²) in [6.45, 7) is 0. The van der Waals surface area contributed by atoms with Crippen LogP contribution in [-0.2, 0) is 0 Å². The van der Waals surface area contributed by atoms with Crippen molar-refractivity contribution >= 4 is 81.7 Å². The highest BCUT2D eigenvalue weighted by Gasteiger charge is 2.25. The van der Waals surface area contributed by atoms with E-state index in [4.69, 9.17) is 0 Å². The summed E-state index contributed by atoms with van der Waals surface area (Å²) in [6.07, 6.45) is 0. The number of anilines is 3. The molecule has 0 unspecified atom stereocenters. The second-order valence-electron chi connectivity index (χ2n) is 19.2. The summed E-state index contributed by atoms with van der Waals surface area (Å²) in [6, 6.07) is 105. The minimum Gasteiger partial charge on any atom is -0.309 e. The van der Waals surface area contributed by atoms with Crippen molar-refractivity contribution in [1.29, 1.82) is 0 Å². The van der Waals surface area contributed by atoms with Crippen molar-refractivity contribution in [3.8, 4) is 55.6 Å². The van der Waals surface area contributed by atoms with E-state index in [0.717, 1.165) is 17.1 Å². The van der Waals surface area contributed by atoms with Crippen molar-refractivity contribution in [2.24, 2.45) is 0 Å². The summed E-state index contributed by atoms with van der Waals surface area (Å²) in [4.78, 5) is 2.51. The highest BCUT2D eigenvalue weighted by Crippen LogP contribution is 2.51. The van der Waals surface area contributed by atoms with Crippen LogP contribution < -0.4 is 4.90 Å². The Kier molecular flexibility index (Phi) is 10.3. The monoisotopic (exact) mass is 925 g/mol. The highest BCUT2D eigenvalue weighted by atomic mass is 15.1. The molecule has 0 aliphatic rings. The van der Waals surface area contributed by atoms with Gasteiger partial charge < -0.3 is 4.90 Å². The third kappa shape index (κ3) is 7.33. The molecule has 0 aliphatic heterocycles. The summed E-state index contributed by atoms with van der Waals surface area (Å²) < 4.78 is 0. The lowest BCUT2D eigenvalue weighted by Gasteiger charge is -2.30. The predicted molar refractivity (Wildman–Crippen MR) is 313 cm³/mol. The lowest BCUT2D eigenvalue weighted by Crippen LogP contribution is -2.11. The first-order valence-electron chi connectivity index (χ1n) is 25.2. The van der Waals surface area contributed by atoms with Crippen LogP contribution in [0.5, 0.6) is 0 Å². The molecule has 340 valence electrons. The lowest BCUT2D eigenvalue weighted by atomic mass is 9.84. The maximum absolute atomic E-state index is 2.51. The van der Waals surface area contributed by atoms with Crippen LogP contribution in [-0.4, -0.2) is 0 Å². The normalized spacial score (nSPS) is 11.6. The molecule has 0 aromatic heterocycles. The second kappa shape index (κ2) is 17.7. The van der Waals surface area contributed by atoms with Gasteiger partial charge in [-0.3, -0.25) is 0 Å². The average molecular weight is 926 g/mol. The van der Waals surface area contributed by atoms with Gasteiger partial charge in [0.2, 0.25) is 0 Å². The molecule has 0 heterocycles. The Morgan fingerprint density at radius 1 is 0.178 bits per heavy atom. The number of fused-ring (bicyclic) bond motifs is 6. The van der Waals surface area contributed by atoms with Crippen LogP contribution in [0.4, 0.5) is 17.1 Å². The van der Waals surface area contributed by atoms with Gasteiger partial charge in [0.1, 0.15) is 0 Å². The molecule has 0 saturated heterocycles. The Bertz CT molecular complexity index is 4310. The van der Waals surface area contributed by atoms with Gasteiger partial charge in [-0.25, -0.2) is 0 Å². The molecule has 0 aliphatic carbocycles. The standard InChI is InChI=1S/C72H47N/c1-4-20-48(21-5-1)56-44-57(49-22-6-2-7-23-49)46-58(45-56)71-63-32-16-18-34-66(63)72(67-35-19-17-33-64(67)71)73(59-28-8-3-9-29-59)60-40-41-65-68(47-60)70(55-39-37-51-25-11-13-27-53(51)43-55)62-31-15-14-30-61(62)69(65)54-38-36-50-24-10-12-26-52(50)42-54/h1-47H. The van der Waals surface area contributed by atoms with E-state index in [1.807, 2.05) is 0 Å². The van der Waals surface area contributed by atoms with Gasteiger partial charge in [-0.05, 0) is 164 Å². The van der Waals surface area contributed by atoms with Gasteiger partial charge in [0.15, 0.2) is 0 Å². The first-order valence-corrected chi connectivity index (χ1v) is 25.2. The first-order chi connectivity index (χ1) is 36.2. The molecule has 0 atom stereocenters. The van der Waals surface area contributed by atoms with Gasteiger partial charge in [0, 0.05) is 22.1 Å². The molecule has 1 nitrogen and oxygen atoms in total. The van der Waals surface area contributed by atoms with E-state index in [1.54, 1.807) is 0 Å². The Morgan fingerprint density at radius 2 is 0.548 bits per heavy atom. The van der Waals surface area contributed by atoms with E-state index in [9.17, 15) is 0 Å². The van der Waals surface area contributed by atoms with Gasteiger partial charge in [0.05, 0.1) is 5.69 Å². The fourth-order valence-corrected chi connectivity index (χ4v) is 11.6. The fourth-order valence-electron chi connectivity index (χ4n) is 11.6. The third-order valence-electron chi connectivity index (χ3n) is 14.9. The highest BCUT2D eigenvalue weighted by molar-refractivity contribution is 6.25. The SMILES string of the molecule is c1ccc(-c2cc(-c3ccccc3)cc(-c3c4ccccc4c(N(c4ccccc4)c4ccc5c(-c6ccc7ccccc7c6)c6ccccc6c(-c6ccc7ccccc7c6)c5c4)c4ccccc34)c2)cc1. The van der Waals surface area contributed by atoms with Crippen LogP contribution in [0.2, 0.25) is 0 Å². The van der Waals surface area contributed by atoms with Crippen LogP contribution in [0.3, 0.4) is 0 Å². The van der Waals surface area contributed by atoms with Gasteiger partial charge >= 0.3 is 0 Å². The Labute approximate surface area is 425 Å². The summed E-state index contributed by atoms with van der Waals surface area (Å²) in [7, 11) is 0. The van der Waals surface area contributed by atoms with Crippen LogP contribution in [0, 0.1) is 0 Å². The Balaban J connectivity index is 1.07. The molecular formula is C72H47N. The van der Waals surface area contributed by atoms with Crippen molar-refractivity contribution in [2.45, 2.75) is 0 Å².